The maximum Gasteiger partial charge on any atom is 0.407 e. The monoisotopic (exact) mass is 410 g/mol. The number of halogens is 3. The van der Waals surface area contributed by atoms with Crippen molar-refractivity contribution in [1.82, 2.24) is 5.32 Å². The van der Waals surface area contributed by atoms with Crippen LogP contribution in [0.1, 0.15) is 27.5 Å². The van der Waals surface area contributed by atoms with Crippen molar-refractivity contribution in [2.75, 3.05) is 19.5 Å². The maximum absolute atomic E-state index is 14.5. The second-order valence-corrected chi connectivity index (χ2v) is 6.57. The zero-order chi connectivity index (χ0) is 20.4. The molecule has 2 amide bonds. The van der Waals surface area contributed by atoms with Gasteiger partial charge in [0.15, 0.2) is 0 Å². The molecule has 0 radical (unpaired) electrons. The fourth-order valence-electron chi connectivity index (χ4n) is 3.25. The van der Waals surface area contributed by atoms with Gasteiger partial charge in [-0.3, -0.25) is 4.79 Å². The summed E-state index contributed by atoms with van der Waals surface area (Å²) in [6.07, 6.45) is -1.10. The highest BCUT2D eigenvalue weighted by molar-refractivity contribution is 6.31. The predicted octanol–water partition coefficient (Wildman–Crippen LogP) is 3.84. The van der Waals surface area contributed by atoms with Crippen LogP contribution in [0.2, 0.25) is 5.02 Å². The second-order valence-electron chi connectivity index (χ2n) is 6.16. The molecule has 2 N–H and O–H groups in total. The Morgan fingerprint density at radius 2 is 1.86 bits per heavy atom. The number of carbonyl (C=O) groups is 2. The SMILES string of the molecule is COC(=O)N[C@@H]1c2c(F)ccc(C(=O)Nc3ccc(F)c(Cl)c3)c2C[C@H]1OC. The van der Waals surface area contributed by atoms with Gasteiger partial charge >= 0.3 is 6.09 Å². The van der Waals surface area contributed by atoms with Gasteiger partial charge in [-0.15, -0.1) is 0 Å². The molecule has 148 valence electrons. The molecule has 0 aromatic heterocycles. The van der Waals surface area contributed by atoms with E-state index in [4.69, 9.17) is 16.3 Å². The third kappa shape index (κ3) is 3.79. The lowest BCUT2D eigenvalue weighted by Crippen LogP contribution is -2.35. The highest BCUT2D eigenvalue weighted by atomic mass is 35.5. The standard InChI is InChI=1S/C19H17ClF2N2O4/c1-27-15-8-11-10(18(25)23-9-3-5-13(21)12(20)7-9)4-6-14(22)16(11)17(15)24-19(26)28-2/h3-7,15,17H,8H2,1-2H3,(H,23,25)(H,24,26)/t15-,17+/m1/s1. The van der Waals surface area contributed by atoms with Crippen molar-refractivity contribution >= 4 is 29.3 Å². The van der Waals surface area contributed by atoms with Crippen LogP contribution in [0.4, 0.5) is 19.3 Å². The summed E-state index contributed by atoms with van der Waals surface area (Å²) in [4.78, 5) is 24.4. The highest BCUT2D eigenvalue weighted by Crippen LogP contribution is 2.37. The number of hydrogen-bond donors (Lipinski definition) is 2. The Morgan fingerprint density at radius 1 is 1.14 bits per heavy atom. The van der Waals surface area contributed by atoms with Crippen LogP contribution in [0.5, 0.6) is 0 Å². The molecule has 2 aromatic rings. The lowest BCUT2D eigenvalue weighted by Gasteiger charge is -2.20. The quantitative estimate of drug-likeness (QED) is 0.803. The number of amides is 2. The van der Waals surface area contributed by atoms with Crippen molar-refractivity contribution < 1.29 is 27.8 Å². The molecule has 2 aromatic carbocycles. The van der Waals surface area contributed by atoms with Gasteiger partial charge in [-0.1, -0.05) is 11.6 Å². The molecule has 1 aliphatic carbocycles. The molecule has 0 spiro atoms. The minimum atomic E-state index is -0.805. The zero-order valence-electron chi connectivity index (χ0n) is 15.0. The average molecular weight is 411 g/mol. The number of anilines is 1. The molecule has 0 saturated heterocycles. The summed E-state index contributed by atoms with van der Waals surface area (Å²) in [6, 6.07) is 5.46. The Morgan fingerprint density at radius 3 is 2.50 bits per heavy atom. The number of fused-ring (bicyclic) bond motifs is 1. The summed E-state index contributed by atoms with van der Waals surface area (Å²) in [7, 11) is 2.63. The normalized spacial score (nSPS) is 17.8. The average Bonchev–Trinajstić information content (AvgIpc) is 3.03. The van der Waals surface area contributed by atoms with Crippen molar-refractivity contribution in [1.29, 1.82) is 0 Å². The number of alkyl carbamates (subject to hydrolysis) is 1. The first kappa shape index (κ1) is 20.0. The minimum absolute atomic E-state index is 0.135. The highest BCUT2D eigenvalue weighted by Gasteiger charge is 2.39. The third-order valence-electron chi connectivity index (χ3n) is 4.58. The van der Waals surface area contributed by atoms with Crippen molar-refractivity contribution in [3.8, 4) is 0 Å². The molecule has 6 nitrogen and oxygen atoms in total. The van der Waals surface area contributed by atoms with Gasteiger partial charge in [-0.05, 0) is 35.9 Å². The summed E-state index contributed by atoms with van der Waals surface area (Å²) in [5.74, 6) is -1.70. The fourth-order valence-corrected chi connectivity index (χ4v) is 3.43. The fraction of sp³-hybridized carbons (Fsp3) is 0.263. The minimum Gasteiger partial charge on any atom is -0.453 e. The summed E-state index contributed by atoms with van der Waals surface area (Å²) in [5.41, 5.74) is 1.09. The van der Waals surface area contributed by atoms with Gasteiger partial charge in [0.1, 0.15) is 11.6 Å². The Balaban J connectivity index is 1.95. The lowest BCUT2D eigenvalue weighted by molar-refractivity contribution is 0.0746. The predicted molar refractivity (Wildman–Crippen MR) is 98.5 cm³/mol. The molecule has 0 fully saturated rings. The summed E-state index contributed by atoms with van der Waals surface area (Å²) in [6.45, 7) is 0. The Kier molecular flexibility index (Phi) is 5.81. The van der Waals surface area contributed by atoms with Crippen LogP contribution in [-0.2, 0) is 15.9 Å². The molecule has 1 aliphatic rings. The number of ether oxygens (including phenoxy) is 2. The topological polar surface area (TPSA) is 76.7 Å². The zero-order valence-corrected chi connectivity index (χ0v) is 15.8. The van der Waals surface area contributed by atoms with E-state index < -0.39 is 35.8 Å². The van der Waals surface area contributed by atoms with Crippen LogP contribution in [0.25, 0.3) is 0 Å². The van der Waals surface area contributed by atoms with Crippen LogP contribution in [-0.4, -0.2) is 32.3 Å². The van der Waals surface area contributed by atoms with Gasteiger partial charge in [-0.25, -0.2) is 13.6 Å². The van der Waals surface area contributed by atoms with E-state index in [1.165, 1.54) is 32.4 Å². The van der Waals surface area contributed by atoms with Gasteiger partial charge < -0.3 is 20.1 Å². The molecule has 0 saturated carbocycles. The largest absolute Gasteiger partial charge is 0.453 e. The van der Waals surface area contributed by atoms with Crippen LogP contribution in [0, 0.1) is 11.6 Å². The molecule has 0 aliphatic heterocycles. The number of carbonyl (C=O) groups excluding carboxylic acids is 2. The second kappa shape index (κ2) is 8.12. The van der Waals surface area contributed by atoms with Gasteiger partial charge in [0.25, 0.3) is 5.91 Å². The van der Waals surface area contributed by atoms with E-state index in [1.807, 2.05) is 0 Å². The number of nitrogens with one attached hydrogen (secondary N) is 2. The summed E-state index contributed by atoms with van der Waals surface area (Å²) in [5, 5.41) is 5.01. The summed E-state index contributed by atoms with van der Waals surface area (Å²) < 4.78 is 37.8. The maximum atomic E-state index is 14.5. The molecule has 0 bridgehead atoms. The van der Waals surface area contributed by atoms with Gasteiger partial charge in [0, 0.05) is 30.3 Å². The van der Waals surface area contributed by atoms with E-state index >= 15 is 0 Å². The number of methoxy groups -OCH3 is 2. The molecular formula is C19H17ClF2N2O4. The van der Waals surface area contributed by atoms with Crippen molar-refractivity contribution in [3.05, 3.63) is 63.7 Å². The number of hydrogen-bond acceptors (Lipinski definition) is 4. The van der Waals surface area contributed by atoms with E-state index in [1.54, 1.807) is 0 Å². The first-order valence-electron chi connectivity index (χ1n) is 8.30. The number of rotatable bonds is 4. The first-order chi connectivity index (χ1) is 13.3. The van der Waals surface area contributed by atoms with Crippen LogP contribution >= 0.6 is 11.6 Å². The van der Waals surface area contributed by atoms with Gasteiger partial charge in [-0.2, -0.15) is 0 Å². The Labute approximate surface area is 164 Å². The molecule has 3 rings (SSSR count). The van der Waals surface area contributed by atoms with Crippen LogP contribution in [0.3, 0.4) is 0 Å². The Bertz CT molecular complexity index is 938. The Hall–Kier alpha value is -2.71. The van der Waals surface area contributed by atoms with Gasteiger partial charge in [0.2, 0.25) is 0 Å². The first-order valence-corrected chi connectivity index (χ1v) is 8.68. The van der Waals surface area contributed by atoms with Gasteiger partial charge in [0.05, 0.1) is 24.3 Å². The van der Waals surface area contributed by atoms with Crippen molar-refractivity contribution in [2.45, 2.75) is 18.6 Å². The molecule has 9 heteroatoms. The molecule has 28 heavy (non-hydrogen) atoms. The molecule has 2 atom stereocenters. The third-order valence-corrected chi connectivity index (χ3v) is 4.87. The van der Waals surface area contributed by atoms with Crippen LogP contribution < -0.4 is 10.6 Å². The smallest absolute Gasteiger partial charge is 0.407 e. The van der Waals surface area contributed by atoms with E-state index in [0.29, 0.717) is 11.3 Å². The van der Waals surface area contributed by atoms with Crippen LogP contribution in [0.15, 0.2) is 30.3 Å². The molecule has 0 heterocycles. The van der Waals surface area contributed by atoms with E-state index in [9.17, 15) is 18.4 Å². The van der Waals surface area contributed by atoms with E-state index in [0.717, 1.165) is 12.1 Å². The van der Waals surface area contributed by atoms with E-state index in [2.05, 4.69) is 15.4 Å². The summed E-state index contributed by atoms with van der Waals surface area (Å²) >= 11 is 5.73. The molecule has 0 unspecified atom stereocenters. The van der Waals surface area contributed by atoms with Crippen molar-refractivity contribution in [2.24, 2.45) is 0 Å². The van der Waals surface area contributed by atoms with E-state index in [-0.39, 0.29) is 22.6 Å². The lowest BCUT2D eigenvalue weighted by atomic mass is 10.0. The van der Waals surface area contributed by atoms with Crippen molar-refractivity contribution in [3.63, 3.8) is 0 Å². The number of benzene rings is 2. The molecular weight excluding hydrogens is 394 g/mol.